The van der Waals surface area contributed by atoms with Gasteiger partial charge in [-0.2, -0.15) is 5.10 Å². The van der Waals surface area contributed by atoms with Crippen LogP contribution in [0.3, 0.4) is 0 Å². The maximum absolute atomic E-state index is 12.2. The van der Waals surface area contributed by atoms with Crippen LogP contribution in [0.25, 0.3) is 0 Å². The smallest absolute Gasteiger partial charge is 0.345 e. The molecule has 8 nitrogen and oxygen atoms in total. The van der Waals surface area contributed by atoms with E-state index in [0.29, 0.717) is 6.54 Å². The average Bonchev–Trinajstić information content (AvgIpc) is 3.25. The quantitative estimate of drug-likeness (QED) is 0.794. The molecule has 1 aromatic carbocycles. The summed E-state index contributed by atoms with van der Waals surface area (Å²) in [5.74, 6) is 3.46. The zero-order valence-electron chi connectivity index (χ0n) is 16.1. The molecule has 0 aliphatic carbocycles. The Morgan fingerprint density at radius 1 is 1.30 bits per heavy atom. The van der Waals surface area contributed by atoms with E-state index in [2.05, 4.69) is 10.00 Å². The van der Waals surface area contributed by atoms with Gasteiger partial charge in [0.1, 0.15) is 11.6 Å². The SMILES string of the molecule is CCn1c([C@@H]2CCCN(Cc3cc4c(cc3OC)OCO4)C2)nn(C)c1=O. The van der Waals surface area contributed by atoms with Crippen LogP contribution < -0.4 is 19.9 Å². The number of likely N-dealkylation sites (tertiary alicyclic amines) is 1. The van der Waals surface area contributed by atoms with Crippen LogP contribution in [0.2, 0.25) is 0 Å². The molecule has 1 saturated heterocycles. The molecule has 4 rings (SSSR count). The number of nitrogens with zero attached hydrogens (tertiary/aromatic N) is 4. The lowest BCUT2D eigenvalue weighted by Crippen LogP contribution is -2.35. The first-order chi connectivity index (χ1) is 13.1. The van der Waals surface area contributed by atoms with E-state index in [1.54, 1.807) is 18.7 Å². The highest BCUT2D eigenvalue weighted by Crippen LogP contribution is 2.39. The predicted octanol–water partition coefficient (Wildman–Crippen LogP) is 1.72. The third-order valence-electron chi connectivity index (χ3n) is 5.39. The van der Waals surface area contributed by atoms with E-state index in [1.165, 1.54) is 4.68 Å². The van der Waals surface area contributed by atoms with Crippen LogP contribution in [0, 0.1) is 0 Å². The molecular formula is C19H26N4O4. The van der Waals surface area contributed by atoms with Crippen molar-refractivity contribution in [2.75, 3.05) is 27.0 Å². The molecule has 0 N–H and O–H groups in total. The predicted molar refractivity (Wildman–Crippen MR) is 99.5 cm³/mol. The number of rotatable bonds is 5. The number of fused-ring (bicyclic) bond motifs is 1. The standard InChI is InChI=1S/C19H26N4O4/c1-4-23-18(20-21(2)19(23)24)13-6-5-7-22(10-13)11-14-8-16-17(27-12-26-16)9-15(14)25-3/h8-9,13H,4-7,10-12H2,1-3H3/t13-/m1/s1. The van der Waals surface area contributed by atoms with Gasteiger partial charge in [-0.05, 0) is 32.4 Å². The van der Waals surface area contributed by atoms with Crippen LogP contribution in [0.5, 0.6) is 17.2 Å². The van der Waals surface area contributed by atoms with Crippen LogP contribution in [0.1, 0.15) is 37.1 Å². The first kappa shape index (κ1) is 17.9. The van der Waals surface area contributed by atoms with Crippen molar-refractivity contribution in [3.8, 4) is 17.2 Å². The van der Waals surface area contributed by atoms with Crippen molar-refractivity contribution in [1.82, 2.24) is 19.2 Å². The van der Waals surface area contributed by atoms with E-state index in [0.717, 1.165) is 61.1 Å². The van der Waals surface area contributed by atoms with Gasteiger partial charge >= 0.3 is 5.69 Å². The second-order valence-electron chi connectivity index (χ2n) is 7.10. The Bertz CT molecular complexity index is 889. The maximum Gasteiger partial charge on any atom is 0.345 e. The maximum atomic E-state index is 12.2. The van der Waals surface area contributed by atoms with Crippen LogP contribution in [0.4, 0.5) is 0 Å². The fourth-order valence-electron chi connectivity index (χ4n) is 4.05. The molecule has 2 aliphatic rings. The lowest BCUT2D eigenvalue weighted by atomic mass is 9.96. The molecule has 1 fully saturated rings. The van der Waals surface area contributed by atoms with Crippen molar-refractivity contribution < 1.29 is 14.2 Å². The summed E-state index contributed by atoms with van der Waals surface area (Å²) in [6, 6.07) is 3.90. The minimum Gasteiger partial charge on any atom is -0.496 e. The van der Waals surface area contributed by atoms with Crippen molar-refractivity contribution >= 4 is 0 Å². The van der Waals surface area contributed by atoms with Crippen molar-refractivity contribution in [3.63, 3.8) is 0 Å². The van der Waals surface area contributed by atoms with Crippen LogP contribution in [-0.2, 0) is 20.1 Å². The average molecular weight is 374 g/mol. The largest absolute Gasteiger partial charge is 0.496 e. The van der Waals surface area contributed by atoms with E-state index in [9.17, 15) is 4.79 Å². The van der Waals surface area contributed by atoms with Crippen LogP contribution in [-0.4, -0.2) is 46.2 Å². The van der Waals surface area contributed by atoms with E-state index in [1.807, 2.05) is 19.1 Å². The summed E-state index contributed by atoms with van der Waals surface area (Å²) >= 11 is 0. The molecule has 2 aromatic rings. The molecular weight excluding hydrogens is 348 g/mol. The molecule has 8 heteroatoms. The zero-order chi connectivity index (χ0) is 19.0. The lowest BCUT2D eigenvalue weighted by molar-refractivity contribution is 0.173. The number of aryl methyl sites for hydroxylation is 1. The highest BCUT2D eigenvalue weighted by atomic mass is 16.7. The lowest BCUT2D eigenvalue weighted by Gasteiger charge is -2.32. The Morgan fingerprint density at radius 2 is 2.07 bits per heavy atom. The summed E-state index contributed by atoms with van der Waals surface area (Å²) in [4.78, 5) is 14.6. The Morgan fingerprint density at radius 3 is 2.81 bits per heavy atom. The van der Waals surface area contributed by atoms with Crippen molar-refractivity contribution in [1.29, 1.82) is 0 Å². The van der Waals surface area contributed by atoms with Gasteiger partial charge in [-0.15, -0.1) is 0 Å². The van der Waals surface area contributed by atoms with Gasteiger partial charge in [-0.3, -0.25) is 9.47 Å². The van der Waals surface area contributed by atoms with Crippen LogP contribution >= 0.6 is 0 Å². The summed E-state index contributed by atoms with van der Waals surface area (Å²) in [6.07, 6.45) is 2.12. The first-order valence-electron chi connectivity index (χ1n) is 9.43. The Labute approximate surface area is 158 Å². The number of hydrogen-bond acceptors (Lipinski definition) is 6. The summed E-state index contributed by atoms with van der Waals surface area (Å²) in [6.45, 7) is 5.53. The van der Waals surface area contributed by atoms with Crippen molar-refractivity contribution in [3.05, 3.63) is 34.0 Å². The number of hydrogen-bond donors (Lipinski definition) is 0. The third-order valence-corrected chi connectivity index (χ3v) is 5.39. The third kappa shape index (κ3) is 3.29. The molecule has 27 heavy (non-hydrogen) atoms. The molecule has 0 amide bonds. The molecule has 0 spiro atoms. The van der Waals surface area contributed by atoms with Gasteiger partial charge in [-0.25, -0.2) is 9.48 Å². The molecule has 2 aliphatic heterocycles. The monoisotopic (exact) mass is 374 g/mol. The number of methoxy groups -OCH3 is 1. The van der Waals surface area contributed by atoms with Gasteiger partial charge in [0.25, 0.3) is 0 Å². The Balaban J connectivity index is 1.55. The topological polar surface area (TPSA) is 70.8 Å². The van der Waals surface area contributed by atoms with E-state index in [4.69, 9.17) is 14.2 Å². The van der Waals surface area contributed by atoms with Gasteiger partial charge in [-0.1, -0.05) is 0 Å². The van der Waals surface area contributed by atoms with Gasteiger partial charge in [0.2, 0.25) is 6.79 Å². The van der Waals surface area contributed by atoms with E-state index in [-0.39, 0.29) is 18.4 Å². The molecule has 1 aromatic heterocycles. The van der Waals surface area contributed by atoms with E-state index >= 15 is 0 Å². The highest BCUT2D eigenvalue weighted by molar-refractivity contribution is 5.51. The summed E-state index contributed by atoms with van der Waals surface area (Å²) in [5.41, 5.74) is 1.04. The molecule has 0 radical (unpaired) electrons. The molecule has 0 unspecified atom stereocenters. The molecule has 3 heterocycles. The number of aromatic nitrogens is 3. The van der Waals surface area contributed by atoms with Crippen molar-refractivity contribution in [2.24, 2.45) is 7.05 Å². The summed E-state index contributed by atoms with van der Waals surface area (Å²) in [5, 5.41) is 4.51. The minimum atomic E-state index is -0.0398. The van der Waals surface area contributed by atoms with Crippen LogP contribution in [0.15, 0.2) is 16.9 Å². The molecule has 0 bridgehead atoms. The van der Waals surface area contributed by atoms with Gasteiger partial charge < -0.3 is 14.2 Å². The first-order valence-corrected chi connectivity index (χ1v) is 9.43. The number of ether oxygens (including phenoxy) is 3. The zero-order valence-corrected chi connectivity index (χ0v) is 16.1. The van der Waals surface area contributed by atoms with Gasteiger partial charge in [0, 0.05) is 44.2 Å². The summed E-state index contributed by atoms with van der Waals surface area (Å²) < 4.78 is 19.7. The summed E-state index contributed by atoms with van der Waals surface area (Å²) in [7, 11) is 3.39. The Kier molecular flexibility index (Phi) is 4.82. The number of benzene rings is 1. The molecule has 0 saturated carbocycles. The fourth-order valence-corrected chi connectivity index (χ4v) is 4.05. The fraction of sp³-hybridized carbons (Fsp3) is 0.579. The molecule has 146 valence electrons. The second-order valence-corrected chi connectivity index (χ2v) is 7.10. The van der Waals surface area contributed by atoms with E-state index < -0.39 is 0 Å². The second kappa shape index (κ2) is 7.26. The molecule has 1 atom stereocenters. The van der Waals surface area contributed by atoms with Crippen molar-refractivity contribution in [2.45, 2.75) is 38.8 Å². The number of piperidine rings is 1. The van der Waals surface area contributed by atoms with Gasteiger partial charge in [0.15, 0.2) is 11.5 Å². The van der Waals surface area contributed by atoms with Gasteiger partial charge in [0.05, 0.1) is 7.11 Å². The highest BCUT2D eigenvalue weighted by Gasteiger charge is 2.28. The Hall–Kier alpha value is -2.48. The normalized spacial score (nSPS) is 19.4. The minimum absolute atomic E-state index is 0.0398.